The van der Waals surface area contributed by atoms with Crippen molar-refractivity contribution in [2.75, 3.05) is 0 Å². The molecule has 0 saturated heterocycles. The first-order valence-electron chi connectivity index (χ1n) is 17.5. The lowest BCUT2D eigenvalue weighted by Gasteiger charge is -2.48. The van der Waals surface area contributed by atoms with Crippen molar-refractivity contribution < 1.29 is 62.6 Å². The summed E-state index contributed by atoms with van der Waals surface area (Å²) >= 11 is 0. The summed E-state index contributed by atoms with van der Waals surface area (Å²) in [5.41, 5.74) is -1.52. The predicted molar refractivity (Wildman–Crippen MR) is 192 cm³/mol. The van der Waals surface area contributed by atoms with Gasteiger partial charge in [0.25, 0.3) is 0 Å². The van der Waals surface area contributed by atoms with Crippen LogP contribution >= 0.6 is 0 Å². The summed E-state index contributed by atoms with van der Waals surface area (Å²) in [7, 11) is 0. The van der Waals surface area contributed by atoms with Gasteiger partial charge in [0, 0.05) is 38.2 Å². The Kier molecular flexibility index (Phi) is 6.72. The standard InChI is InChI=1S/C45H14F12O2/c46-32-19-1-13-7-25-28(10-16(13)4-22(19)35(49)41(55)38(32)52)45(44(58)59)29-11-17-5-23-20(33(47)39(53)42(56)36(23)50)2-14(17)8-26(29)31(25)27-9-15-3-21-24(6-18(15)12-30(27)45)37(51)43(57)40(54)34(21)48/h1-12,31H,(H,58,59). The monoisotopic (exact) mass is 814 g/mol. The Bertz CT molecular complexity index is 3220. The van der Waals surface area contributed by atoms with Crippen LogP contribution in [-0.4, -0.2) is 11.1 Å². The van der Waals surface area contributed by atoms with Gasteiger partial charge in [0.1, 0.15) is 5.41 Å². The normalized spacial score (nSPS) is 16.8. The second-order valence-electron chi connectivity index (χ2n) is 14.8. The van der Waals surface area contributed by atoms with Crippen LogP contribution in [0.3, 0.4) is 0 Å². The number of hydrogen-bond donors (Lipinski definition) is 1. The lowest BCUT2D eigenvalue weighted by atomic mass is 9.52. The number of carboxylic acid groups (broad SMARTS) is 1. The molecule has 2 bridgehead atoms. The molecule has 290 valence electrons. The number of fused-ring (bicyclic) bond motifs is 6. The maximum atomic E-state index is 15.1. The fourth-order valence-corrected chi connectivity index (χ4v) is 9.45. The van der Waals surface area contributed by atoms with Gasteiger partial charge < -0.3 is 5.11 Å². The smallest absolute Gasteiger partial charge is 0.323 e. The Morgan fingerprint density at radius 2 is 0.542 bits per heavy atom. The SMILES string of the molecule is O=C(O)C12c3cc4cc5c(F)c(F)c(F)c(F)c5cc4cc3C(c3cc4cc5c(F)c(F)c(F)c(F)c5cc4cc31)c1cc3cc4c(F)c(F)c(F)c(F)c4cc3cc12. The van der Waals surface area contributed by atoms with Crippen molar-refractivity contribution in [1.82, 2.24) is 0 Å². The van der Waals surface area contributed by atoms with Gasteiger partial charge in [-0.3, -0.25) is 4.79 Å². The van der Waals surface area contributed by atoms with Crippen molar-refractivity contribution in [3.05, 3.63) is 176 Å². The van der Waals surface area contributed by atoms with Crippen LogP contribution in [0.4, 0.5) is 52.7 Å². The summed E-state index contributed by atoms with van der Waals surface area (Å²) in [4.78, 5) is 14.2. The summed E-state index contributed by atoms with van der Waals surface area (Å²) in [6.45, 7) is 0. The second-order valence-corrected chi connectivity index (χ2v) is 14.8. The van der Waals surface area contributed by atoms with Crippen LogP contribution in [-0.2, 0) is 10.2 Å². The minimum Gasteiger partial charge on any atom is -0.480 e. The average Bonchev–Trinajstić information content (AvgIpc) is 3.23. The molecule has 2 nitrogen and oxygen atoms in total. The van der Waals surface area contributed by atoms with E-state index in [1.807, 2.05) is 0 Å². The summed E-state index contributed by atoms with van der Waals surface area (Å²) in [5, 5.41) is 8.20. The Labute approximate surface area is 320 Å². The van der Waals surface area contributed by atoms with Gasteiger partial charge in [-0.15, -0.1) is 0 Å². The minimum absolute atomic E-state index is 0.0290. The molecule has 0 saturated carbocycles. The van der Waals surface area contributed by atoms with Crippen molar-refractivity contribution in [2.24, 2.45) is 0 Å². The number of aliphatic carboxylic acids is 1. The number of hydrogen-bond acceptors (Lipinski definition) is 1. The number of carboxylic acids is 1. The molecule has 14 heteroatoms. The van der Waals surface area contributed by atoms with Gasteiger partial charge in [-0.2, -0.15) is 0 Å². The molecule has 1 N–H and O–H groups in total. The quantitative estimate of drug-likeness (QED) is 0.0776. The second kappa shape index (κ2) is 11.2. The number of carbonyl (C=O) groups is 1. The minimum atomic E-state index is -2.31. The zero-order valence-electron chi connectivity index (χ0n) is 28.9. The van der Waals surface area contributed by atoms with Gasteiger partial charge in [0.05, 0.1) is 0 Å². The molecule has 9 aromatic rings. The molecular weight excluding hydrogens is 800 g/mol. The Balaban J connectivity index is 1.30. The van der Waals surface area contributed by atoms with Crippen molar-refractivity contribution in [1.29, 1.82) is 0 Å². The molecule has 3 aliphatic carbocycles. The number of benzene rings is 9. The van der Waals surface area contributed by atoms with Gasteiger partial charge >= 0.3 is 5.97 Å². The van der Waals surface area contributed by atoms with Gasteiger partial charge in [0.15, 0.2) is 69.8 Å². The Morgan fingerprint density at radius 3 is 0.746 bits per heavy atom. The van der Waals surface area contributed by atoms with Crippen molar-refractivity contribution in [3.8, 4) is 0 Å². The average molecular weight is 815 g/mol. The van der Waals surface area contributed by atoms with E-state index < -0.39 is 119 Å². The van der Waals surface area contributed by atoms with Gasteiger partial charge in [0.2, 0.25) is 0 Å². The molecule has 0 amide bonds. The predicted octanol–water partition coefficient (Wildman–Crippen LogP) is 12.5. The van der Waals surface area contributed by atoms with E-state index in [1.54, 1.807) is 0 Å². The first-order valence-corrected chi connectivity index (χ1v) is 17.5. The number of halogens is 12. The van der Waals surface area contributed by atoms with Crippen LogP contribution in [0.15, 0.2) is 72.8 Å². The highest BCUT2D eigenvalue weighted by Crippen LogP contribution is 2.61. The van der Waals surface area contributed by atoms with Crippen LogP contribution in [0.5, 0.6) is 0 Å². The largest absolute Gasteiger partial charge is 0.480 e. The van der Waals surface area contributed by atoms with E-state index in [1.165, 1.54) is 36.4 Å². The fourth-order valence-electron chi connectivity index (χ4n) is 9.45. The molecular formula is C45H14F12O2. The number of rotatable bonds is 1. The van der Waals surface area contributed by atoms with E-state index in [0.29, 0.717) is 0 Å². The van der Waals surface area contributed by atoms with Gasteiger partial charge in [-0.05, 0) is 138 Å². The third-order valence-corrected chi connectivity index (χ3v) is 12.1. The van der Waals surface area contributed by atoms with Gasteiger partial charge in [-0.25, -0.2) is 52.7 Å². The molecule has 0 fully saturated rings. The van der Waals surface area contributed by atoms with E-state index in [0.717, 1.165) is 36.4 Å². The molecule has 0 atom stereocenters. The molecule has 0 unspecified atom stereocenters. The molecule has 12 rings (SSSR count). The molecule has 9 aromatic carbocycles. The molecule has 59 heavy (non-hydrogen) atoms. The van der Waals surface area contributed by atoms with Crippen molar-refractivity contribution in [2.45, 2.75) is 11.3 Å². The summed E-state index contributed by atoms with van der Waals surface area (Å²) in [5.74, 6) is -25.2. The van der Waals surface area contributed by atoms with E-state index in [2.05, 4.69) is 0 Å². The zero-order valence-corrected chi connectivity index (χ0v) is 28.9. The van der Waals surface area contributed by atoms with E-state index in [-0.39, 0.29) is 65.7 Å². The summed E-state index contributed by atoms with van der Waals surface area (Å²) in [6.07, 6.45) is 0. The Morgan fingerprint density at radius 1 is 0.339 bits per heavy atom. The molecule has 0 heterocycles. The molecule has 3 aliphatic rings. The fraction of sp³-hybridized carbons (Fsp3) is 0.0444. The Hall–Kier alpha value is -6.83. The molecule has 0 aromatic heterocycles. The highest BCUT2D eigenvalue weighted by Gasteiger charge is 2.57. The lowest BCUT2D eigenvalue weighted by Crippen LogP contribution is -2.48. The third-order valence-electron chi connectivity index (χ3n) is 12.1. The third kappa shape index (κ3) is 4.13. The van der Waals surface area contributed by atoms with Crippen molar-refractivity contribution >= 4 is 70.6 Å². The first-order chi connectivity index (χ1) is 28.0. The maximum absolute atomic E-state index is 15.1. The topological polar surface area (TPSA) is 37.3 Å². The summed E-state index contributed by atoms with van der Waals surface area (Å²) in [6, 6.07) is 14.5. The zero-order chi connectivity index (χ0) is 41.5. The molecule has 0 radical (unpaired) electrons. The van der Waals surface area contributed by atoms with Crippen LogP contribution < -0.4 is 0 Å². The highest BCUT2D eigenvalue weighted by molar-refractivity contribution is 6.08. The maximum Gasteiger partial charge on any atom is 0.323 e. The lowest BCUT2D eigenvalue weighted by molar-refractivity contribution is -0.141. The first kappa shape index (κ1) is 35.3. The van der Waals surface area contributed by atoms with Gasteiger partial charge in [-0.1, -0.05) is 0 Å². The molecule has 0 aliphatic heterocycles. The molecule has 0 spiro atoms. The van der Waals surface area contributed by atoms with E-state index in [4.69, 9.17) is 0 Å². The van der Waals surface area contributed by atoms with Crippen LogP contribution in [0.25, 0.3) is 64.6 Å². The van der Waals surface area contributed by atoms with E-state index >= 15 is 26.3 Å². The van der Waals surface area contributed by atoms with Crippen LogP contribution in [0.1, 0.15) is 39.3 Å². The van der Waals surface area contributed by atoms with Crippen molar-refractivity contribution in [3.63, 3.8) is 0 Å². The van der Waals surface area contributed by atoms with E-state index in [9.17, 15) is 36.2 Å². The van der Waals surface area contributed by atoms with Crippen LogP contribution in [0.2, 0.25) is 0 Å². The highest BCUT2D eigenvalue weighted by atomic mass is 19.2. The van der Waals surface area contributed by atoms with Crippen LogP contribution in [0, 0.1) is 69.8 Å². The summed E-state index contributed by atoms with van der Waals surface area (Å²) < 4.78 is 177.